The normalized spacial score (nSPS) is 11.5. The van der Waals surface area contributed by atoms with Crippen LogP contribution in [0.1, 0.15) is 0 Å². The highest BCUT2D eigenvalue weighted by Crippen LogP contribution is 2.56. The zero-order valence-electron chi connectivity index (χ0n) is 78.6. The molecule has 25 aromatic rings. The van der Waals surface area contributed by atoms with Crippen molar-refractivity contribution in [1.29, 1.82) is 0 Å². The standard InChI is InChI=1S/C49H33N3.C44H30N2.C42H28N4/c1-4-14-34(15-5-1)35-26-28-38(29-27-35)52(37-18-8-3-9-19-37)39-30-31-42-44(32-39)41-21-11-10-20-40(41)43-22-12-24-47-49(43)45(42)33-51(47)48-25-13-23-46(50-48)36-16-6-2-7-17-36;1-4-13-31(14-5-1)32-23-25-35(26-24-32)46(34-17-8-3-9-18-34)36-27-28-39-40-21-12-22-43-44(40)42(30-45(43)33-15-6-2-7-16-33)38-20-11-10-19-37(38)41(39)29-36;1-3-11-29(12-4-1)30-19-21-32(22-20-30)46(31-13-5-2-6-14-31)33-23-24-36-38(27-33)35-16-8-7-15-34(35)37-17-9-18-40-41(37)39(36)28-45(40)42-43-25-10-26-44-42/h1-33H;1-30H;1-28H. The molecule has 28 rings (SSSR count). The number of pyridine rings is 1. The molecule has 0 spiro atoms. The minimum atomic E-state index is 0.664. The van der Waals surface area contributed by atoms with Gasteiger partial charge in [-0.1, -0.05) is 364 Å². The average molecular weight is 1840 g/mol. The zero-order chi connectivity index (χ0) is 95.3. The van der Waals surface area contributed by atoms with Crippen molar-refractivity contribution in [3.05, 3.63) is 553 Å². The van der Waals surface area contributed by atoms with Crippen LogP contribution >= 0.6 is 0 Å². The number of fused-ring (bicyclic) bond motifs is 15. The van der Waals surface area contributed by atoms with E-state index >= 15 is 0 Å². The van der Waals surface area contributed by atoms with Gasteiger partial charge >= 0.3 is 0 Å². The van der Waals surface area contributed by atoms with Gasteiger partial charge in [-0.15, -0.1) is 0 Å². The van der Waals surface area contributed by atoms with Gasteiger partial charge in [0.25, 0.3) is 0 Å². The molecular formula is C135H91N9. The van der Waals surface area contributed by atoms with Crippen LogP contribution in [0.5, 0.6) is 0 Å². The molecule has 0 fully saturated rings. The Morgan fingerprint density at radius 1 is 0.160 bits per heavy atom. The van der Waals surface area contributed by atoms with Gasteiger partial charge in [-0.05, 0) is 275 Å². The predicted octanol–water partition coefficient (Wildman–Crippen LogP) is 36.1. The van der Waals surface area contributed by atoms with E-state index in [1.165, 1.54) is 161 Å². The van der Waals surface area contributed by atoms with Crippen molar-refractivity contribution in [1.82, 2.24) is 28.7 Å². The lowest BCUT2D eigenvalue weighted by atomic mass is 9.93. The van der Waals surface area contributed by atoms with Crippen molar-refractivity contribution in [3.8, 4) is 162 Å². The number of hydrogen-bond acceptors (Lipinski definition) is 6. The van der Waals surface area contributed by atoms with Crippen LogP contribution in [0.3, 0.4) is 0 Å². The molecule has 5 heterocycles. The van der Waals surface area contributed by atoms with E-state index in [9.17, 15) is 0 Å². The minimum Gasteiger partial charge on any atom is -0.316 e. The maximum Gasteiger partial charge on any atom is 0.234 e. The molecule has 0 saturated heterocycles. The van der Waals surface area contributed by atoms with Crippen LogP contribution in [0.2, 0.25) is 0 Å². The second kappa shape index (κ2) is 36.9. The lowest BCUT2D eigenvalue weighted by Gasteiger charge is -2.27. The molecule has 0 unspecified atom stereocenters. The van der Waals surface area contributed by atoms with Gasteiger partial charge in [-0.25, -0.2) is 15.0 Å². The third-order valence-electron chi connectivity index (χ3n) is 28.3. The minimum absolute atomic E-state index is 0.664. The molecule has 0 radical (unpaired) electrons. The number of para-hydroxylation sites is 4. The fraction of sp³-hybridized carbons (Fsp3) is 0. The molecule has 20 aromatic carbocycles. The Labute approximate surface area is 836 Å². The van der Waals surface area contributed by atoms with Gasteiger partial charge in [0.05, 0.1) is 22.2 Å². The van der Waals surface area contributed by atoms with Crippen molar-refractivity contribution in [3.63, 3.8) is 0 Å². The highest BCUT2D eigenvalue weighted by molar-refractivity contribution is 6.18. The smallest absolute Gasteiger partial charge is 0.234 e. The Morgan fingerprint density at radius 3 is 0.792 bits per heavy atom. The number of benzene rings is 20. The monoisotopic (exact) mass is 1840 g/mol. The topological polar surface area (TPSA) is 63.2 Å². The van der Waals surface area contributed by atoms with E-state index in [4.69, 9.17) is 4.98 Å². The van der Waals surface area contributed by atoms with Gasteiger partial charge in [-0.3, -0.25) is 4.57 Å². The molecule has 0 saturated carbocycles. The number of anilines is 9. The molecule has 0 bridgehead atoms. The lowest BCUT2D eigenvalue weighted by Crippen LogP contribution is -2.10. The first-order chi connectivity index (χ1) is 71.5. The number of aromatic nitrogens is 6. The first-order valence-electron chi connectivity index (χ1n) is 49.0. The average Bonchev–Trinajstić information content (AvgIpc) is 1.58. The van der Waals surface area contributed by atoms with Crippen molar-refractivity contribution >= 4 is 83.9 Å². The predicted molar refractivity (Wildman–Crippen MR) is 599 cm³/mol. The van der Waals surface area contributed by atoms with Gasteiger partial charge in [0.1, 0.15) is 5.82 Å². The van der Waals surface area contributed by atoms with Gasteiger partial charge in [0.2, 0.25) is 5.95 Å². The van der Waals surface area contributed by atoms with Gasteiger partial charge < -0.3 is 23.8 Å². The molecule has 0 amide bonds. The third kappa shape index (κ3) is 15.5. The summed E-state index contributed by atoms with van der Waals surface area (Å²) in [6.45, 7) is 0. The van der Waals surface area contributed by atoms with E-state index in [1.54, 1.807) is 12.4 Å². The number of rotatable bonds is 16. The summed E-state index contributed by atoms with van der Waals surface area (Å²) in [5.41, 5.74) is 45.9. The van der Waals surface area contributed by atoms with E-state index < -0.39 is 0 Å². The Balaban J connectivity index is 0.000000110. The molecule has 9 heteroatoms. The molecule has 3 aliphatic carbocycles. The fourth-order valence-electron chi connectivity index (χ4n) is 21.7. The number of nitrogens with zero attached hydrogens (tertiary/aromatic N) is 9. The van der Waals surface area contributed by atoms with E-state index in [0.29, 0.717) is 5.95 Å². The van der Waals surface area contributed by atoms with Crippen LogP contribution < -0.4 is 14.7 Å². The Morgan fingerprint density at radius 2 is 0.417 bits per heavy atom. The Bertz CT molecular complexity index is 9060. The van der Waals surface area contributed by atoms with Crippen molar-refractivity contribution < 1.29 is 0 Å². The summed E-state index contributed by atoms with van der Waals surface area (Å²) in [5, 5.41) is 3.75. The van der Waals surface area contributed by atoms with Crippen molar-refractivity contribution in [2.45, 2.75) is 0 Å². The Kier molecular flexibility index (Phi) is 21.8. The van der Waals surface area contributed by atoms with Gasteiger partial charge in [0, 0.05) is 126 Å². The van der Waals surface area contributed by atoms with Crippen LogP contribution in [0.15, 0.2) is 553 Å². The molecule has 0 atom stereocenters. The molecule has 5 aromatic heterocycles. The van der Waals surface area contributed by atoms with Crippen LogP contribution in [-0.2, 0) is 0 Å². The van der Waals surface area contributed by atoms with Crippen LogP contribution in [0.4, 0.5) is 51.2 Å². The van der Waals surface area contributed by atoms with Gasteiger partial charge in [-0.2, -0.15) is 0 Å². The Hall–Kier alpha value is -19.4. The highest BCUT2D eigenvalue weighted by Gasteiger charge is 2.32. The lowest BCUT2D eigenvalue weighted by molar-refractivity contribution is 0.962. The van der Waals surface area contributed by atoms with E-state index in [0.717, 1.165) is 79.3 Å². The van der Waals surface area contributed by atoms with E-state index in [-0.39, 0.29) is 0 Å². The highest BCUT2D eigenvalue weighted by atomic mass is 15.2. The molecule has 144 heavy (non-hydrogen) atoms. The first kappa shape index (κ1) is 85.1. The molecule has 676 valence electrons. The molecular weight excluding hydrogens is 1750 g/mol. The van der Waals surface area contributed by atoms with Crippen molar-refractivity contribution in [2.75, 3.05) is 14.7 Å². The summed E-state index contributed by atoms with van der Waals surface area (Å²) < 4.78 is 6.71. The van der Waals surface area contributed by atoms with E-state index in [1.807, 2.05) is 12.1 Å². The summed E-state index contributed by atoms with van der Waals surface area (Å²) in [5.74, 6) is 1.56. The second-order valence-corrected chi connectivity index (χ2v) is 36.5. The van der Waals surface area contributed by atoms with Crippen LogP contribution in [0.25, 0.3) is 195 Å². The fourth-order valence-corrected chi connectivity index (χ4v) is 21.7. The summed E-state index contributed by atoms with van der Waals surface area (Å²) in [6, 6.07) is 187. The largest absolute Gasteiger partial charge is 0.316 e. The third-order valence-corrected chi connectivity index (χ3v) is 28.3. The summed E-state index contributed by atoms with van der Waals surface area (Å²) in [6.07, 6.45) is 10.4. The molecule has 3 aliphatic rings. The van der Waals surface area contributed by atoms with Gasteiger partial charge in [0.15, 0.2) is 0 Å². The zero-order valence-corrected chi connectivity index (χ0v) is 78.6. The summed E-state index contributed by atoms with van der Waals surface area (Å²) >= 11 is 0. The summed E-state index contributed by atoms with van der Waals surface area (Å²) in [7, 11) is 0. The molecule has 0 aliphatic heterocycles. The van der Waals surface area contributed by atoms with Crippen LogP contribution in [0, 0.1) is 0 Å². The number of hydrogen-bond donors (Lipinski definition) is 0. The van der Waals surface area contributed by atoms with Crippen LogP contribution in [-0.4, -0.2) is 28.7 Å². The van der Waals surface area contributed by atoms with E-state index in [2.05, 4.69) is 567 Å². The SMILES string of the molecule is c1ccc(-c2ccc(N(c3ccccc3)c3ccc4c(c3)-c3ccccc3-c3cccc5c3c-4cn5-c3cccc(-c4ccccc4)n3)cc2)cc1.c1ccc(-c2ccc(N(c3ccccc3)c3ccc4c(c3)-c3ccccc3-c3cccc5c3c-4cn5-c3ncccn3)cc2)cc1.c1ccc(-c2ccc(N(c3ccccc3)c3ccc4c(c3)-c3ccccc3-c3cn(-c5ccccc5)c5cccc-4c35)cc2)cc1. The summed E-state index contributed by atoms with van der Waals surface area (Å²) in [4.78, 5) is 21.4. The quantitative estimate of drug-likeness (QED) is 0.0961. The second-order valence-electron chi connectivity index (χ2n) is 36.5. The van der Waals surface area contributed by atoms with Crippen molar-refractivity contribution in [2.24, 2.45) is 0 Å². The molecule has 0 N–H and O–H groups in total. The molecule has 9 nitrogen and oxygen atoms in total. The first-order valence-corrected chi connectivity index (χ1v) is 49.0. The maximum atomic E-state index is 5.17. The maximum absolute atomic E-state index is 5.17.